The Hall–Kier alpha value is -1.58. The van der Waals surface area contributed by atoms with Crippen LogP contribution < -0.4 is 11.1 Å². The smallest absolute Gasteiger partial charge is 0.225 e. The van der Waals surface area contributed by atoms with E-state index in [1.165, 1.54) is 25.7 Å². The van der Waals surface area contributed by atoms with Gasteiger partial charge < -0.3 is 11.1 Å². The zero-order chi connectivity index (χ0) is 12.1. The number of carbonyl (C=O) groups is 1. The van der Waals surface area contributed by atoms with Crippen molar-refractivity contribution in [2.24, 2.45) is 5.92 Å². The van der Waals surface area contributed by atoms with Crippen LogP contribution >= 0.6 is 0 Å². The molecule has 1 aliphatic rings. The van der Waals surface area contributed by atoms with Crippen LogP contribution in [0, 0.1) is 5.92 Å². The van der Waals surface area contributed by atoms with E-state index in [-0.39, 0.29) is 5.91 Å². The highest BCUT2D eigenvalue weighted by Gasteiger charge is 2.17. The van der Waals surface area contributed by atoms with E-state index in [1.807, 2.05) is 0 Å². The van der Waals surface area contributed by atoms with E-state index in [4.69, 9.17) is 5.73 Å². The van der Waals surface area contributed by atoms with Crippen LogP contribution in [0.4, 0.5) is 11.5 Å². The molecule has 0 spiro atoms. The third-order valence-electron chi connectivity index (χ3n) is 3.29. The van der Waals surface area contributed by atoms with Crippen LogP contribution in [0.1, 0.15) is 38.5 Å². The summed E-state index contributed by atoms with van der Waals surface area (Å²) in [5.41, 5.74) is 6.12. The van der Waals surface area contributed by atoms with Crippen molar-refractivity contribution >= 4 is 17.4 Å². The number of nitrogens with two attached hydrogens (primary N) is 1. The summed E-state index contributed by atoms with van der Waals surface area (Å²) >= 11 is 0. The Bertz CT molecular complexity index is 371. The Balaban J connectivity index is 1.67. The van der Waals surface area contributed by atoms with Crippen molar-refractivity contribution in [3.63, 3.8) is 0 Å². The van der Waals surface area contributed by atoms with Crippen molar-refractivity contribution in [1.29, 1.82) is 0 Å². The lowest BCUT2D eigenvalue weighted by molar-refractivity contribution is -0.116. The van der Waals surface area contributed by atoms with Crippen LogP contribution in [-0.2, 0) is 4.79 Å². The predicted octanol–water partition coefficient (Wildman–Crippen LogP) is 2.57. The molecule has 1 aromatic heterocycles. The Labute approximate surface area is 102 Å². The average Bonchev–Trinajstić information content (AvgIpc) is 2.25. The first-order valence-electron chi connectivity index (χ1n) is 6.25. The topological polar surface area (TPSA) is 68.0 Å². The molecule has 4 nitrogen and oxygen atoms in total. The lowest BCUT2D eigenvalue weighted by atomic mass is 9.82. The number of nitrogens with zero attached hydrogens (tertiary/aromatic N) is 1. The summed E-state index contributed by atoms with van der Waals surface area (Å²) in [4.78, 5) is 15.6. The molecule has 4 heteroatoms. The van der Waals surface area contributed by atoms with Gasteiger partial charge in [-0.15, -0.1) is 0 Å². The Morgan fingerprint density at radius 3 is 2.88 bits per heavy atom. The lowest BCUT2D eigenvalue weighted by Gasteiger charge is -2.24. The van der Waals surface area contributed by atoms with E-state index in [9.17, 15) is 4.79 Å². The van der Waals surface area contributed by atoms with Gasteiger partial charge in [-0.1, -0.05) is 19.3 Å². The van der Waals surface area contributed by atoms with Crippen LogP contribution in [0.3, 0.4) is 0 Å². The zero-order valence-corrected chi connectivity index (χ0v) is 9.98. The number of hydrogen-bond donors (Lipinski definition) is 2. The van der Waals surface area contributed by atoms with Gasteiger partial charge in [0.05, 0.1) is 11.9 Å². The minimum Gasteiger partial charge on any atom is -0.397 e. The molecular formula is C13H19N3O. The van der Waals surface area contributed by atoms with E-state index in [0.29, 0.717) is 17.9 Å². The van der Waals surface area contributed by atoms with Crippen LogP contribution in [0.2, 0.25) is 0 Å². The molecule has 0 aliphatic heterocycles. The quantitative estimate of drug-likeness (QED) is 0.821. The number of nitrogens with one attached hydrogen (secondary N) is 1. The Morgan fingerprint density at radius 1 is 1.47 bits per heavy atom. The van der Waals surface area contributed by atoms with Gasteiger partial charge >= 0.3 is 0 Å². The summed E-state index contributed by atoms with van der Waals surface area (Å²) in [5.74, 6) is 1.49. The highest BCUT2D eigenvalue weighted by molar-refractivity contribution is 5.89. The molecule has 17 heavy (non-hydrogen) atoms. The van der Waals surface area contributed by atoms with Crippen LogP contribution in [0.15, 0.2) is 18.3 Å². The standard InChI is InChI=1S/C13H19N3O/c14-11-7-8-12(15-9-11)16-13(17)6-2-5-10-3-1-4-10/h7-10H,1-6,14H2,(H,15,16,17). The van der Waals surface area contributed by atoms with Crippen molar-refractivity contribution < 1.29 is 4.79 Å². The van der Waals surface area contributed by atoms with E-state index in [0.717, 1.165) is 12.3 Å². The van der Waals surface area contributed by atoms with Crippen molar-refractivity contribution in [2.45, 2.75) is 38.5 Å². The van der Waals surface area contributed by atoms with Gasteiger partial charge in [0.2, 0.25) is 5.91 Å². The molecule has 0 aromatic carbocycles. The second-order valence-corrected chi connectivity index (χ2v) is 4.71. The summed E-state index contributed by atoms with van der Waals surface area (Å²) < 4.78 is 0. The normalized spacial score (nSPS) is 15.3. The summed E-state index contributed by atoms with van der Waals surface area (Å²) in [6.45, 7) is 0. The van der Waals surface area contributed by atoms with Gasteiger partial charge in [-0.3, -0.25) is 4.79 Å². The fourth-order valence-corrected chi connectivity index (χ4v) is 2.02. The van der Waals surface area contributed by atoms with E-state index < -0.39 is 0 Å². The molecule has 1 aliphatic carbocycles. The molecule has 0 atom stereocenters. The maximum Gasteiger partial charge on any atom is 0.225 e. The van der Waals surface area contributed by atoms with Crippen LogP contribution in [0.25, 0.3) is 0 Å². The summed E-state index contributed by atoms with van der Waals surface area (Å²) in [5, 5.41) is 2.77. The Kier molecular flexibility index (Phi) is 3.96. The monoisotopic (exact) mass is 233 g/mol. The molecule has 1 amide bonds. The zero-order valence-electron chi connectivity index (χ0n) is 9.98. The number of amides is 1. The van der Waals surface area contributed by atoms with E-state index >= 15 is 0 Å². The molecule has 1 heterocycles. The summed E-state index contributed by atoms with van der Waals surface area (Å²) in [7, 11) is 0. The second-order valence-electron chi connectivity index (χ2n) is 4.71. The van der Waals surface area contributed by atoms with Crippen molar-refractivity contribution in [3.05, 3.63) is 18.3 Å². The first kappa shape index (κ1) is 11.9. The largest absolute Gasteiger partial charge is 0.397 e. The van der Waals surface area contributed by atoms with E-state index in [2.05, 4.69) is 10.3 Å². The molecule has 92 valence electrons. The van der Waals surface area contributed by atoms with Gasteiger partial charge in [-0.2, -0.15) is 0 Å². The van der Waals surface area contributed by atoms with Gasteiger partial charge in [-0.25, -0.2) is 4.98 Å². The van der Waals surface area contributed by atoms with E-state index in [1.54, 1.807) is 18.3 Å². The van der Waals surface area contributed by atoms with Gasteiger partial charge in [0.1, 0.15) is 5.82 Å². The minimum absolute atomic E-state index is 0.0431. The molecule has 1 aromatic rings. The average molecular weight is 233 g/mol. The molecule has 0 radical (unpaired) electrons. The molecule has 0 unspecified atom stereocenters. The third-order valence-corrected chi connectivity index (χ3v) is 3.29. The summed E-state index contributed by atoms with van der Waals surface area (Å²) in [6, 6.07) is 3.45. The minimum atomic E-state index is 0.0431. The van der Waals surface area contributed by atoms with Crippen LogP contribution in [-0.4, -0.2) is 10.9 Å². The molecule has 2 rings (SSSR count). The van der Waals surface area contributed by atoms with Crippen molar-refractivity contribution in [1.82, 2.24) is 4.98 Å². The lowest BCUT2D eigenvalue weighted by Crippen LogP contribution is -2.15. The first-order chi connectivity index (χ1) is 8.24. The van der Waals surface area contributed by atoms with Crippen molar-refractivity contribution in [2.75, 3.05) is 11.1 Å². The first-order valence-corrected chi connectivity index (χ1v) is 6.25. The fourth-order valence-electron chi connectivity index (χ4n) is 2.02. The predicted molar refractivity (Wildman–Crippen MR) is 68.5 cm³/mol. The summed E-state index contributed by atoms with van der Waals surface area (Å²) in [6.07, 6.45) is 8.36. The fraction of sp³-hybridized carbons (Fsp3) is 0.538. The molecule has 0 bridgehead atoms. The molecule has 3 N–H and O–H groups in total. The molecule has 1 saturated carbocycles. The van der Waals surface area contributed by atoms with Crippen molar-refractivity contribution in [3.8, 4) is 0 Å². The number of carbonyl (C=O) groups excluding carboxylic acids is 1. The number of nitrogen functional groups attached to an aromatic ring is 1. The number of aromatic nitrogens is 1. The number of pyridine rings is 1. The van der Waals surface area contributed by atoms with Crippen LogP contribution in [0.5, 0.6) is 0 Å². The number of hydrogen-bond acceptors (Lipinski definition) is 3. The second kappa shape index (κ2) is 5.66. The maximum atomic E-state index is 11.6. The van der Waals surface area contributed by atoms with Gasteiger partial charge in [-0.05, 0) is 30.9 Å². The molecule has 0 saturated heterocycles. The highest BCUT2D eigenvalue weighted by atomic mass is 16.1. The maximum absolute atomic E-state index is 11.6. The number of anilines is 2. The molecular weight excluding hydrogens is 214 g/mol. The SMILES string of the molecule is Nc1ccc(NC(=O)CCCC2CCC2)nc1. The van der Waals surface area contributed by atoms with Gasteiger partial charge in [0, 0.05) is 6.42 Å². The third kappa shape index (κ3) is 3.73. The highest BCUT2D eigenvalue weighted by Crippen LogP contribution is 2.30. The van der Waals surface area contributed by atoms with Gasteiger partial charge in [0.25, 0.3) is 0 Å². The Morgan fingerprint density at radius 2 is 2.29 bits per heavy atom. The number of rotatable bonds is 5. The molecule has 1 fully saturated rings. The van der Waals surface area contributed by atoms with Gasteiger partial charge in [0.15, 0.2) is 0 Å².